The van der Waals surface area contributed by atoms with Crippen molar-refractivity contribution in [2.45, 2.75) is 57.4 Å². The maximum atomic E-state index is 13.4. The first kappa shape index (κ1) is 20.1. The molecule has 0 N–H and O–H groups in total. The van der Waals surface area contributed by atoms with Crippen molar-refractivity contribution in [2.75, 3.05) is 13.1 Å². The largest absolute Gasteiger partial charge is 0.433 e. The lowest BCUT2D eigenvalue weighted by Gasteiger charge is -2.31. The average molecular weight is 404 g/mol. The maximum absolute atomic E-state index is 13.4. The molecule has 3 rings (SSSR count). The number of halogens is 3. The zero-order valence-electron chi connectivity index (χ0n) is 15.5. The number of aromatic nitrogens is 3. The van der Waals surface area contributed by atoms with Crippen LogP contribution in [0.4, 0.5) is 13.2 Å². The van der Waals surface area contributed by atoms with Crippen LogP contribution in [-0.4, -0.2) is 45.7 Å². The average Bonchev–Trinajstić information content (AvgIpc) is 3.03. The molecule has 2 aromatic rings. The smallest absolute Gasteiger partial charge is 0.234 e. The first-order valence-corrected chi connectivity index (χ1v) is 10.5. The molecular weight excluding hydrogens is 381 g/mol. The molecule has 27 heavy (non-hydrogen) atoms. The Labute approximate surface area is 156 Å². The first-order valence-electron chi connectivity index (χ1n) is 8.99. The summed E-state index contributed by atoms with van der Waals surface area (Å²) in [6.45, 7) is 5.72. The number of alkyl halides is 3. The minimum absolute atomic E-state index is 0.0866. The Bertz CT molecular complexity index is 930. The van der Waals surface area contributed by atoms with Gasteiger partial charge in [-0.1, -0.05) is 6.92 Å². The van der Waals surface area contributed by atoms with E-state index >= 15 is 0 Å². The molecule has 0 amide bonds. The van der Waals surface area contributed by atoms with Crippen LogP contribution >= 0.6 is 0 Å². The number of hydrogen-bond acceptors (Lipinski definition) is 4. The van der Waals surface area contributed by atoms with Crippen LogP contribution in [0.1, 0.15) is 56.6 Å². The van der Waals surface area contributed by atoms with Gasteiger partial charge in [-0.2, -0.15) is 18.3 Å². The number of fused-ring (bicyclic) bond motifs is 1. The third-order valence-electron chi connectivity index (χ3n) is 4.98. The number of hydrogen-bond donors (Lipinski definition) is 0. The van der Waals surface area contributed by atoms with Crippen LogP contribution in [0, 0.1) is 0 Å². The molecule has 0 aliphatic carbocycles. The van der Waals surface area contributed by atoms with Crippen molar-refractivity contribution in [3.63, 3.8) is 0 Å². The van der Waals surface area contributed by atoms with Crippen LogP contribution < -0.4 is 0 Å². The third kappa shape index (κ3) is 3.82. The van der Waals surface area contributed by atoms with Gasteiger partial charge in [0, 0.05) is 30.8 Å². The maximum Gasteiger partial charge on any atom is 0.433 e. The van der Waals surface area contributed by atoms with Crippen molar-refractivity contribution in [3.8, 4) is 0 Å². The van der Waals surface area contributed by atoms with Gasteiger partial charge >= 0.3 is 6.18 Å². The Morgan fingerprint density at radius 2 is 1.85 bits per heavy atom. The minimum Gasteiger partial charge on any atom is -0.234 e. The van der Waals surface area contributed by atoms with Crippen molar-refractivity contribution in [1.82, 2.24) is 18.9 Å². The van der Waals surface area contributed by atoms with E-state index in [1.165, 1.54) is 4.31 Å². The van der Waals surface area contributed by atoms with E-state index in [4.69, 9.17) is 0 Å². The summed E-state index contributed by atoms with van der Waals surface area (Å²) in [4.78, 5) is 4.25. The Balaban J connectivity index is 1.89. The Morgan fingerprint density at radius 1 is 1.22 bits per heavy atom. The van der Waals surface area contributed by atoms with Crippen molar-refractivity contribution >= 4 is 15.7 Å². The second-order valence-corrected chi connectivity index (χ2v) is 9.58. The molecule has 0 radical (unpaired) electrons. The molecule has 1 aliphatic heterocycles. The van der Waals surface area contributed by atoms with E-state index in [0.29, 0.717) is 43.7 Å². The van der Waals surface area contributed by atoms with E-state index in [0.717, 1.165) is 10.6 Å². The number of aryl methyl sites for hydroxylation is 1. The molecule has 1 saturated heterocycles. The van der Waals surface area contributed by atoms with Crippen molar-refractivity contribution < 1.29 is 21.6 Å². The van der Waals surface area contributed by atoms with Gasteiger partial charge in [0.15, 0.2) is 5.65 Å². The van der Waals surface area contributed by atoms with Crippen LogP contribution in [0.15, 0.2) is 12.1 Å². The summed E-state index contributed by atoms with van der Waals surface area (Å²) in [5.41, 5.74) is 0.228. The van der Waals surface area contributed by atoms with E-state index in [1.54, 1.807) is 26.8 Å². The fraction of sp³-hybridized carbons (Fsp3) is 0.647. The highest BCUT2D eigenvalue weighted by atomic mass is 32.2. The van der Waals surface area contributed by atoms with Crippen molar-refractivity contribution in [3.05, 3.63) is 29.2 Å². The Kier molecular flexibility index (Phi) is 5.24. The van der Waals surface area contributed by atoms with Crippen molar-refractivity contribution in [2.24, 2.45) is 0 Å². The number of piperidine rings is 1. The summed E-state index contributed by atoms with van der Waals surface area (Å²) in [7, 11) is -3.32. The van der Waals surface area contributed by atoms with E-state index in [1.807, 2.05) is 0 Å². The van der Waals surface area contributed by atoms with Gasteiger partial charge in [0.2, 0.25) is 10.0 Å². The molecule has 0 saturated carbocycles. The molecule has 1 aliphatic rings. The summed E-state index contributed by atoms with van der Waals surface area (Å²) in [6.07, 6.45) is -3.08. The number of sulfonamides is 1. The van der Waals surface area contributed by atoms with Gasteiger partial charge in [-0.3, -0.25) is 0 Å². The summed E-state index contributed by atoms with van der Waals surface area (Å²) in [5.74, 6) is -0.0866. The zero-order chi connectivity index (χ0) is 20.0. The molecule has 0 aromatic carbocycles. The quantitative estimate of drug-likeness (QED) is 0.785. The van der Waals surface area contributed by atoms with Crippen LogP contribution in [0.25, 0.3) is 5.65 Å². The van der Waals surface area contributed by atoms with Gasteiger partial charge < -0.3 is 0 Å². The predicted octanol–water partition coefficient (Wildman–Crippen LogP) is 3.23. The van der Waals surface area contributed by atoms with Gasteiger partial charge in [-0.25, -0.2) is 22.2 Å². The van der Waals surface area contributed by atoms with E-state index in [-0.39, 0.29) is 11.6 Å². The van der Waals surface area contributed by atoms with Crippen LogP contribution in [0.5, 0.6) is 0 Å². The van der Waals surface area contributed by atoms with Crippen LogP contribution in [0.2, 0.25) is 0 Å². The Morgan fingerprint density at radius 3 is 2.37 bits per heavy atom. The van der Waals surface area contributed by atoms with Crippen LogP contribution in [0.3, 0.4) is 0 Å². The topological polar surface area (TPSA) is 67.6 Å². The van der Waals surface area contributed by atoms with Gasteiger partial charge in [0.1, 0.15) is 5.69 Å². The summed E-state index contributed by atoms with van der Waals surface area (Å²) in [5, 5.41) is 3.68. The predicted molar refractivity (Wildman–Crippen MR) is 95.0 cm³/mol. The first-order chi connectivity index (χ1) is 12.5. The second-order valence-electron chi connectivity index (χ2n) is 7.09. The van der Waals surface area contributed by atoms with Gasteiger partial charge in [-0.05, 0) is 39.2 Å². The highest BCUT2D eigenvalue weighted by molar-refractivity contribution is 7.89. The molecule has 3 heterocycles. The molecule has 0 unspecified atom stereocenters. The Hall–Kier alpha value is -1.68. The fourth-order valence-corrected chi connectivity index (χ4v) is 4.65. The molecule has 6 nitrogen and oxygen atoms in total. The van der Waals surface area contributed by atoms with Crippen LogP contribution in [-0.2, 0) is 22.6 Å². The monoisotopic (exact) mass is 404 g/mol. The lowest BCUT2D eigenvalue weighted by atomic mass is 9.95. The lowest BCUT2D eigenvalue weighted by Crippen LogP contribution is -2.41. The molecule has 0 bridgehead atoms. The highest BCUT2D eigenvalue weighted by Crippen LogP contribution is 2.33. The number of rotatable bonds is 4. The summed E-state index contributed by atoms with van der Waals surface area (Å²) >= 11 is 0. The highest BCUT2D eigenvalue weighted by Gasteiger charge is 2.36. The zero-order valence-corrected chi connectivity index (χ0v) is 16.3. The SMILES string of the molecule is CCc1cc(C(F)(F)F)n2nc(C3CCN(S(=O)(=O)C(C)C)CC3)cc2n1. The minimum atomic E-state index is -4.52. The van der Waals surface area contributed by atoms with Gasteiger partial charge in [-0.15, -0.1) is 0 Å². The number of nitrogens with zero attached hydrogens (tertiary/aromatic N) is 4. The second kappa shape index (κ2) is 7.05. The summed E-state index contributed by atoms with van der Waals surface area (Å²) in [6, 6.07) is 2.62. The standard InChI is InChI=1S/C17H23F3N4O2S/c1-4-13-9-15(17(18,19)20)24-16(21-13)10-14(22-24)12-5-7-23(8-6-12)27(25,26)11(2)3/h9-12H,4-8H2,1-3H3. The molecule has 0 spiro atoms. The molecule has 0 atom stereocenters. The fourth-order valence-electron chi connectivity index (χ4n) is 3.33. The van der Waals surface area contributed by atoms with E-state index in [2.05, 4.69) is 10.1 Å². The molecule has 10 heteroatoms. The lowest BCUT2D eigenvalue weighted by molar-refractivity contribution is -0.142. The van der Waals surface area contributed by atoms with Gasteiger partial charge in [0.05, 0.1) is 10.9 Å². The van der Waals surface area contributed by atoms with E-state index < -0.39 is 27.1 Å². The molecule has 2 aromatic heterocycles. The molecular formula is C17H23F3N4O2S. The van der Waals surface area contributed by atoms with Gasteiger partial charge in [0.25, 0.3) is 0 Å². The molecule has 1 fully saturated rings. The van der Waals surface area contributed by atoms with E-state index in [9.17, 15) is 21.6 Å². The molecule has 150 valence electrons. The normalized spacial score (nSPS) is 17.9. The third-order valence-corrected chi connectivity index (χ3v) is 7.26. The summed E-state index contributed by atoms with van der Waals surface area (Å²) < 4.78 is 67.0. The van der Waals surface area contributed by atoms with Crippen molar-refractivity contribution in [1.29, 1.82) is 0 Å².